The molecule has 0 radical (unpaired) electrons. The molecule has 1 aromatic carbocycles. The first-order valence-electron chi connectivity index (χ1n) is 6.10. The van der Waals surface area contributed by atoms with Gasteiger partial charge in [0, 0.05) is 17.6 Å². The van der Waals surface area contributed by atoms with E-state index in [1.165, 1.54) is 6.20 Å². The number of para-hydroxylation sites is 1. The molecular formula is C15H9F3N2O. The number of nitrogens with zero attached hydrogens (tertiary/aromatic N) is 2. The first kappa shape index (κ1) is 13.4. The van der Waals surface area contributed by atoms with Gasteiger partial charge in [0.1, 0.15) is 0 Å². The minimum atomic E-state index is -4.50. The van der Waals surface area contributed by atoms with Crippen LogP contribution in [0.4, 0.5) is 13.2 Å². The van der Waals surface area contributed by atoms with Crippen molar-refractivity contribution in [2.24, 2.45) is 0 Å². The molecule has 3 rings (SSSR count). The zero-order chi connectivity index (χ0) is 15.0. The Morgan fingerprint density at radius 2 is 1.81 bits per heavy atom. The van der Waals surface area contributed by atoms with E-state index in [0.717, 1.165) is 28.3 Å². The molecule has 21 heavy (non-hydrogen) atoms. The molecule has 0 aliphatic heterocycles. The van der Waals surface area contributed by atoms with Gasteiger partial charge >= 0.3 is 6.18 Å². The van der Waals surface area contributed by atoms with Crippen molar-refractivity contribution in [1.29, 1.82) is 0 Å². The van der Waals surface area contributed by atoms with Gasteiger partial charge in [0.15, 0.2) is 0 Å². The second-order valence-corrected chi connectivity index (χ2v) is 4.51. The molecule has 0 spiro atoms. The van der Waals surface area contributed by atoms with Gasteiger partial charge in [-0.1, -0.05) is 18.2 Å². The van der Waals surface area contributed by atoms with Crippen LogP contribution in [0.5, 0.6) is 0 Å². The Bertz CT molecular complexity index is 868. The molecular weight excluding hydrogens is 281 g/mol. The maximum Gasteiger partial charge on any atom is 0.417 e. The minimum absolute atomic E-state index is 0.296. The van der Waals surface area contributed by atoms with E-state index in [4.69, 9.17) is 0 Å². The third-order valence-corrected chi connectivity index (χ3v) is 3.09. The van der Waals surface area contributed by atoms with Crippen LogP contribution in [0, 0.1) is 0 Å². The minimum Gasteiger partial charge on any atom is -0.282 e. The predicted octanol–water partition coefficient (Wildman–Crippen LogP) is 3.40. The molecule has 6 heteroatoms. The number of hydrogen-bond donors (Lipinski definition) is 0. The lowest BCUT2D eigenvalue weighted by Gasteiger charge is -2.11. The number of hydrogen-bond acceptors (Lipinski definition) is 2. The first-order valence-corrected chi connectivity index (χ1v) is 6.10. The summed E-state index contributed by atoms with van der Waals surface area (Å²) >= 11 is 0. The van der Waals surface area contributed by atoms with Crippen LogP contribution in [-0.4, -0.2) is 9.55 Å². The molecule has 106 valence electrons. The number of rotatable bonds is 1. The summed E-state index contributed by atoms with van der Waals surface area (Å²) in [6.45, 7) is 0. The summed E-state index contributed by atoms with van der Waals surface area (Å²) in [6.07, 6.45) is -2.34. The Kier molecular flexibility index (Phi) is 3.01. The topological polar surface area (TPSA) is 34.9 Å². The third kappa shape index (κ3) is 2.52. The zero-order valence-corrected chi connectivity index (χ0v) is 10.6. The van der Waals surface area contributed by atoms with Crippen LogP contribution >= 0.6 is 0 Å². The van der Waals surface area contributed by atoms with E-state index in [2.05, 4.69) is 4.98 Å². The second-order valence-electron chi connectivity index (χ2n) is 4.51. The lowest BCUT2D eigenvalue weighted by atomic mass is 10.2. The molecule has 2 aromatic heterocycles. The summed E-state index contributed by atoms with van der Waals surface area (Å²) in [6, 6.07) is 10.5. The Hall–Kier alpha value is -2.63. The summed E-state index contributed by atoms with van der Waals surface area (Å²) in [7, 11) is 0. The molecule has 0 atom stereocenters. The van der Waals surface area contributed by atoms with Crippen LogP contribution in [0.2, 0.25) is 0 Å². The Morgan fingerprint density at radius 3 is 2.57 bits per heavy atom. The maximum absolute atomic E-state index is 12.7. The monoisotopic (exact) mass is 290 g/mol. The van der Waals surface area contributed by atoms with Gasteiger partial charge in [-0.2, -0.15) is 13.2 Å². The first-order chi connectivity index (χ1) is 9.95. The summed E-state index contributed by atoms with van der Waals surface area (Å²) in [5, 5.41) is 0.749. The van der Waals surface area contributed by atoms with Crippen molar-refractivity contribution in [2.75, 3.05) is 0 Å². The molecule has 0 N–H and O–H groups in total. The van der Waals surface area contributed by atoms with Gasteiger partial charge in [0.2, 0.25) is 0 Å². The van der Waals surface area contributed by atoms with E-state index in [-0.39, 0.29) is 0 Å². The van der Waals surface area contributed by atoms with Crippen LogP contribution < -0.4 is 5.56 Å². The smallest absolute Gasteiger partial charge is 0.282 e. The summed E-state index contributed by atoms with van der Waals surface area (Å²) in [5.41, 5.74) is -0.415. The quantitative estimate of drug-likeness (QED) is 0.688. The average Bonchev–Trinajstić information content (AvgIpc) is 2.46. The van der Waals surface area contributed by atoms with Crippen molar-refractivity contribution in [3.63, 3.8) is 0 Å². The van der Waals surface area contributed by atoms with Gasteiger partial charge in [-0.15, -0.1) is 0 Å². The van der Waals surface area contributed by atoms with Crippen molar-refractivity contribution in [2.45, 2.75) is 6.18 Å². The molecule has 0 fully saturated rings. The number of alkyl halides is 3. The SMILES string of the molecule is O=c1ccc(C(F)(F)F)cn1-c1cnc2ccccc2c1. The fraction of sp³-hybridized carbons (Fsp3) is 0.0667. The van der Waals surface area contributed by atoms with Crippen molar-refractivity contribution in [3.8, 4) is 5.69 Å². The number of fused-ring (bicyclic) bond motifs is 1. The molecule has 0 saturated carbocycles. The molecule has 3 aromatic rings. The summed E-state index contributed by atoms with van der Waals surface area (Å²) in [5.74, 6) is 0. The number of benzene rings is 1. The predicted molar refractivity (Wildman–Crippen MR) is 72.3 cm³/mol. The van der Waals surface area contributed by atoms with Crippen molar-refractivity contribution >= 4 is 10.9 Å². The number of aromatic nitrogens is 2. The van der Waals surface area contributed by atoms with Crippen LogP contribution in [0.1, 0.15) is 5.56 Å². The standard InChI is InChI=1S/C15H9F3N2O/c16-15(17,18)11-5-6-14(21)20(9-11)12-7-10-3-1-2-4-13(10)19-8-12/h1-9H. The molecule has 3 nitrogen and oxygen atoms in total. The van der Waals surface area contributed by atoms with E-state index in [0.29, 0.717) is 11.2 Å². The van der Waals surface area contributed by atoms with E-state index in [1.54, 1.807) is 24.3 Å². The molecule has 0 unspecified atom stereocenters. The van der Waals surface area contributed by atoms with Gasteiger partial charge in [-0.05, 0) is 18.2 Å². The Morgan fingerprint density at radius 1 is 1.05 bits per heavy atom. The highest BCUT2D eigenvalue weighted by atomic mass is 19.4. The molecule has 0 bridgehead atoms. The fourth-order valence-corrected chi connectivity index (χ4v) is 2.05. The molecule has 0 aliphatic rings. The number of pyridine rings is 2. The third-order valence-electron chi connectivity index (χ3n) is 3.09. The average molecular weight is 290 g/mol. The van der Waals surface area contributed by atoms with Crippen molar-refractivity contribution < 1.29 is 13.2 Å². The van der Waals surface area contributed by atoms with Gasteiger partial charge in [-0.3, -0.25) is 14.3 Å². The molecule has 2 heterocycles. The Balaban J connectivity index is 2.20. The zero-order valence-electron chi connectivity index (χ0n) is 10.6. The van der Waals surface area contributed by atoms with Gasteiger partial charge < -0.3 is 0 Å². The Labute approximate surface area is 117 Å². The molecule has 0 amide bonds. The van der Waals surface area contributed by atoms with Gasteiger partial charge in [-0.25, -0.2) is 0 Å². The van der Waals surface area contributed by atoms with Gasteiger partial charge in [0.05, 0.1) is 23.0 Å². The molecule has 0 saturated heterocycles. The molecule has 0 aliphatic carbocycles. The van der Waals surface area contributed by atoms with Crippen LogP contribution in [0.3, 0.4) is 0 Å². The highest BCUT2D eigenvalue weighted by Gasteiger charge is 2.31. The van der Waals surface area contributed by atoms with Crippen molar-refractivity contribution in [1.82, 2.24) is 9.55 Å². The maximum atomic E-state index is 12.7. The van der Waals surface area contributed by atoms with Crippen LogP contribution in [0.25, 0.3) is 16.6 Å². The summed E-state index contributed by atoms with van der Waals surface area (Å²) < 4.78 is 39.2. The fourth-order valence-electron chi connectivity index (χ4n) is 2.05. The van der Waals surface area contributed by atoms with E-state index >= 15 is 0 Å². The number of halogens is 3. The van der Waals surface area contributed by atoms with Gasteiger partial charge in [0.25, 0.3) is 5.56 Å². The second kappa shape index (κ2) is 4.73. The normalized spacial score (nSPS) is 11.8. The highest BCUT2D eigenvalue weighted by molar-refractivity contribution is 5.80. The lowest BCUT2D eigenvalue weighted by Crippen LogP contribution is -2.19. The largest absolute Gasteiger partial charge is 0.417 e. The van der Waals surface area contributed by atoms with E-state index < -0.39 is 17.3 Å². The van der Waals surface area contributed by atoms with E-state index in [1.807, 2.05) is 6.07 Å². The highest BCUT2D eigenvalue weighted by Crippen LogP contribution is 2.28. The van der Waals surface area contributed by atoms with E-state index in [9.17, 15) is 18.0 Å². The van der Waals surface area contributed by atoms with Crippen molar-refractivity contribution in [3.05, 3.63) is 70.8 Å². The summed E-state index contributed by atoms with van der Waals surface area (Å²) in [4.78, 5) is 16.0. The van der Waals surface area contributed by atoms with Crippen LogP contribution in [-0.2, 0) is 6.18 Å². The van der Waals surface area contributed by atoms with Crippen LogP contribution in [0.15, 0.2) is 59.7 Å². The lowest BCUT2D eigenvalue weighted by molar-refractivity contribution is -0.138.